The summed E-state index contributed by atoms with van der Waals surface area (Å²) in [6.45, 7) is 0. The number of aromatic nitrogens is 2. The van der Waals surface area contributed by atoms with Crippen molar-refractivity contribution in [2.24, 2.45) is 0 Å². The summed E-state index contributed by atoms with van der Waals surface area (Å²) in [5, 5.41) is 5.03. The van der Waals surface area contributed by atoms with Crippen LogP contribution in [0.5, 0.6) is 0 Å². The van der Waals surface area contributed by atoms with E-state index in [1.54, 1.807) is 0 Å². The molecule has 0 aliphatic heterocycles. The summed E-state index contributed by atoms with van der Waals surface area (Å²) in [7, 11) is 0. The van der Waals surface area contributed by atoms with Gasteiger partial charge in [-0.3, -0.25) is 4.57 Å². The Balaban J connectivity index is 1.08. The zero-order valence-electron chi connectivity index (χ0n) is 30.4. The van der Waals surface area contributed by atoms with Crippen LogP contribution in [-0.4, -0.2) is 9.55 Å². The molecule has 0 N–H and O–H groups in total. The highest BCUT2D eigenvalue weighted by Crippen LogP contribution is 2.43. The topological polar surface area (TPSA) is 17.8 Å². The van der Waals surface area contributed by atoms with Gasteiger partial charge in [-0.15, -0.1) is 11.3 Å². The SMILES string of the molecule is c1ccc(-c2cc(-c3ccccc3)nc(-n3c4ccccc4c4cc(-c5ccccc5-c5ccccc5-c5ccc6sc7ccccc7c6c5)ccc43)c2)cc1. The Morgan fingerprint density at radius 3 is 1.59 bits per heavy atom. The first-order chi connectivity index (χ1) is 27.8. The van der Waals surface area contributed by atoms with E-state index >= 15 is 0 Å². The molecule has 3 aromatic heterocycles. The summed E-state index contributed by atoms with van der Waals surface area (Å²) >= 11 is 1.86. The molecule has 0 bridgehead atoms. The Hall–Kier alpha value is -7.07. The number of hydrogen-bond acceptors (Lipinski definition) is 2. The van der Waals surface area contributed by atoms with Gasteiger partial charge in [0, 0.05) is 36.5 Å². The number of pyridine rings is 1. The molecule has 3 heteroatoms. The van der Waals surface area contributed by atoms with Gasteiger partial charge in [0.25, 0.3) is 0 Å². The Morgan fingerprint density at radius 2 is 0.857 bits per heavy atom. The van der Waals surface area contributed by atoms with Gasteiger partial charge < -0.3 is 0 Å². The van der Waals surface area contributed by atoms with Crippen molar-refractivity contribution in [3.63, 3.8) is 0 Å². The number of rotatable bonds is 6. The first-order valence-corrected chi connectivity index (χ1v) is 19.9. The molecule has 0 aliphatic carbocycles. The van der Waals surface area contributed by atoms with Crippen molar-refractivity contribution in [2.75, 3.05) is 0 Å². The van der Waals surface area contributed by atoms with E-state index in [0.29, 0.717) is 0 Å². The van der Waals surface area contributed by atoms with Crippen molar-refractivity contribution >= 4 is 53.3 Å². The van der Waals surface area contributed by atoms with Gasteiger partial charge in [0.05, 0.1) is 16.7 Å². The highest BCUT2D eigenvalue weighted by Gasteiger charge is 2.18. The van der Waals surface area contributed by atoms with E-state index in [0.717, 1.165) is 39.2 Å². The Kier molecular flexibility index (Phi) is 7.72. The molecule has 0 amide bonds. The van der Waals surface area contributed by atoms with Gasteiger partial charge in [-0.2, -0.15) is 0 Å². The predicted molar refractivity (Wildman–Crippen MR) is 239 cm³/mol. The maximum atomic E-state index is 5.34. The highest BCUT2D eigenvalue weighted by atomic mass is 32.1. The number of benzene rings is 8. The van der Waals surface area contributed by atoms with E-state index < -0.39 is 0 Å². The van der Waals surface area contributed by atoms with Crippen LogP contribution < -0.4 is 0 Å². The molecule has 2 nitrogen and oxygen atoms in total. The van der Waals surface area contributed by atoms with Gasteiger partial charge >= 0.3 is 0 Å². The molecule has 3 heterocycles. The van der Waals surface area contributed by atoms with Crippen LogP contribution in [0.1, 0.15) is 0 Å². The van der Waals surface area contributed by atoms with Crippen LogP contribution in [0.4, 0.5) is 0 Å². The molecule has 0 unspecified atom stereocenters. The van der Waals surface area contributed by atoms with E-state index in [4.69, 9.17) is 4.98 Å². The molecule has 0 fully saturated rings. The van der Waals surface area contributed by atoms with Crippen molar-refractivity contribution in [3.8, 4) is 61.6 Å². The van der Waals surface area contributed by atoms with Crippen LogP contribution in [0.2, 0.25) is 0 Å². The van der Waals surface area contributed by atoms with Crippen molar-refractivity contribution < 1.29 is 0 Å². The second-order valence-corrected chi connectivity index (χ2v) is 15.4. The zero-order chi connectivity index (χ0) is 37.0. The third-order valence-corrected chi connectivity index (χ3v) is 12.2. The van der Waals surface area contributed by atoms with E-state index in [2.05, 4.69) is 211 Å². The van der Waals surface area contributed by atoms with E-state index in [1.807, 2.05) is 11.3 Å². The Bertz CT molecular complexity index is 3190. The number of hydrogen-bond donors (Lipinski definition) is 0. The maximum Gasteiger partial charge on any atom is 0.138 e. The van der Waals surface area contributed by atoms with Crippen LogP contribution >= 0.6 is 11.3 Å². The quantitative estimate of drug-likeness (QED) is 0.167. The van der Waals surface area contributed by atoms with Gasteiger partial charge in [0.1, 0.15) is 5.82 Å². The molecule has 11 rings (SSSR count). The van der Waals surface area contributed by atoms with Crippen LogP contribution in [0.25, 0.3) is 104 Å². The van der Waals surface area contributed by atoms with E-state index in [-0.39, 0.29) is 0 Å². The van der Waals surface area contributed by atoms with Gasteiger partial charge in [0.15, 0.2) is 0 Å². The first-order valence-electron chi connectivity index (χ1n) is 19.0. The minimum atomic E-state index is 0.897. The lowest BCUT2D eigenvalue weighted by Gasteiger charge is -2.15. The molecule has 0 aliphatic rings. The van der Waals surface area contributed by atoms with Crippen LogP contribution in [0.3, 0.4) is 0 Å². The minimum Gasteiger partial charge on any atom is -0.294 e. The van der Waals surface area contributed by atoms with Crippen LogP contribution in [-0.2, 0) is 0 Å². The van der Waals surface area contributed by atoms with Gasteiger partial charge in [0.2, 0.25) is 0 Å². The van der Waals surface area contributed by atoms with Crippen molar-refractivity contribution in [2.45, 2.75) is 0 Å². The molecule has 0 saturated carbocycles. The summed E-state index contributed by atoms with van der Waals surface area (Å²) in [6, 6.07) is 74.5. The summed E-state index contributed by atoms with van der Waals surface area (Å²) in [6.07, 6.45) is 0. The predicted octanol–water partition coefficient (Wildman–Crippen LogP) is 14.9. The first kappa shape index (κ1) is 32.4. The number of nitrogens with zero attached hydrogens (tertiary/aromatic N) is 2. The molecular formula is C53H34N2S. The smallest absolute Gasteiger partial charge is 0.138 e. The van der Waals surface area contributed by atoms with Crippen LogP contribution in [0.15, 0.2) is 206 Å². The van der Waals surface area contributed by atoms with Crippen LogP contribution in [0, 0.1) is 0 Å². The van der Waals surface area contributed by atoms with Gasteiger partial charge in [-0.1, -0.05) is 158 Å². The molecule has 0 saturated heterocycles. The molecule has 56 heavy (non-hydrogen) atoms. The molecule has 8 aromatic carbocycles. The maximum absolute atomic E-state index is 5.34. The fraction of sp³-hybridized carbons (Fsp3) is 0. The second-order valence-electron chi connectivity index (χ2n) is 14.3. The summed E-state index contributed by atoms with van der Waals surface area (Å²) in [5.74, 6) is 0.897. The third kappa shape index (κ3) is 5.44. The Morgan fingerprint density at radius 1 is 0.321 bits per heavy atom. The highest BCUT2D eigenvalue weighted by molar-refractivity contribution is 7.25. The average molecular weight is 731 g/mol. The van der Waals surface area contributed by atoms with E-state index in [9.17, 15) is 0 Å². The molecule has 11 aromatic rings. The third-order valence-electron chi connectivity index (χ3n) is 11.0. The lowest BCUT2D eigenvalue weighted by Crippen LogP contribution is -2.00. The lowest BCUT2D eigenvalue weighted by atomic mass is 9.89. The second kappa shape index (κ2) is 13.3. The summed E-state index contributed by atoms with van der Waals surface area (Å²) in [4.78, 5) is 5.34. The monoisotopic (exact) mass is 730 g/mol. The summed E-state index contributed by atoms with van der Waals surface area (Å²) in [5.41, 5.74) is 13.9. The van der Waals surface area contributed by atoms with Crippen molar-refractivity contribution in [3.05, 3.63) is 206 Å². The number of para-hydroxylation sites is 1. The molecule has 0 spiro atoms. The number of thiophene rings is 1. The zero-order valence-corrected chi connectivity index (χ0v) is 31.2. The Labute approximate surface area is 329 Å². The minimum absolute atomic E-state index is 0.897. The van der Waals surface area contributed by atoms with Gasteiger partial charge in [-0.05, 0) is 93.0 Å². The van der Waals surface area contributed by atoms with E-state index in [1.165, 1.54) is 64.3 Å². The van der Waals surface area contributed by atoms with Crippen molar-refractivity contribution in [1.82, 2.24) is 9.55 Å². The van der Waals surface area contributed by atoms with Crippen molar-refractivity contribution in [1.29, 1.82) is 0 Å². The standard InChI is InChI=1S/C53H34N2S/c1-3-15-35(16-4-1)39-33-48(36-17-5-2-6-18-36)54-53(34-39)55-49-25-13-11-23-44(49)46-31-37(27-29-50(46)55)40-19-7-9-21-42(40)43-22-10-8-20-41(43)38-28-30-52-47(32-38)45-24-12-14-26-51(45)56-52/h1-34H. The number of fused-ring (bicyclic) bond motifs is 6. The average Bonchev–Trinajstić information content (AvgIpc) is 3.82. The molecule has 262 valence electrons. The molecular weight excluding hydrogens is 697 g/mol. The molecule has 0 radical (unpaired) electrons. The normalized spacial score (nSPS) is 11.6. The fourth-order valence-electron chi connectivity index (χ4n) is 8.40. The largest absolute Gasteiger partial charge is 0.294 e. The van der Waals surface area contributed by atoms with Gasteiger partial charge in [-0.25, -0.2) is 4.98 Å². The lowest BCUT2D eigenvalue weighted by molar-refractivity contribution is 1.08. The summed E-state index contributed by atoms with van der Waals surface area (Å²) < 4.78 is 4.98. The molecule has 0 atom stereocenters. The fourth-order valence-corrected chi connectivity index (χ4v) is 9.49.